The Kier molecular flexibility index (Phi) is 3.77. The van der Waals surface area contributed by atoms with Gasteiger partial charge in [-0.15, -0.1) is 11.8 Å². The van der Waals surface area contributed by atoms with Crippen LogP contribution < -0.4 is 5.73 Å². The number of carbonyl (C=O) groups is 2. The first-order chi connectivity index (χ1) is 6.57. The van der Waals surface area contributed by atoms with Gasteiger partial charge < -0.3 is 15.7 Å². The predicted octanol–water partition coefficient (Wildman–Crippen LogP) is -0.290. The van der Waals surface area contributed by atoms with E-state index >= 15 is 0 Å². The lowest BCUT2D eigenvalue weighted by molar-refractivity contribution is -0.148. The Bertz CT molecular complexity index is 247. The summed E-state index contributed by atoms with van der Waals surface area (Å²) in [4.78, 5) is 23.7. The summed E-state index contributed by atoms with van der Waals surface area (Å²) in [7, 11) is 0. The van der Waals surface area contributed by atoms with Crippen molar-refractivity contribution in [2.45, 2.75) is 25.4 Å². The van der Waals surface area contributed by atoms with Crippen LogP contribution in [0.2, 0.25) is 0 Å². The average molecular weight is 218 g/mol. The molecule has 5 nitrogen and oxygen atoms in total. The minimum absolute atomic E-state index is 0.259. The number of rotatable bonds is 3. The minimum atomic E-state index is -0.952. The molecule has 6 heteroatoms. The SMILES string of the molecule is CC[C@H](N)C(=O)N1CSCC1C(=O)O. The number of hydrogen-bond acceptors (Lipinski definition) is 4. The Balaban J connectivity index is 2.67. The number of hydrogen-bond donors (Lipinski definition) is 2. The Morgan fingerprint density at radius 1 is 1.71 bits per heavy atom. The minimum Gasteiger partial charge on any atom is -0.480 e. The van der Waals surface area contributed by atoms with Crippen LogP contribution in [0.5, 0.6) is 0 Å². The van der Waals surface area contributed by atoms with Crippen LogP contribution in [0.15, 0.2) is 0 Å². The molecule has 0 aliphatic carbocycles. The van der Waals surface area contributed by atoms with E-state index in [2.05, 4.69) is 0 Å². The van der Waals surface area contributed by atoms with E-state index in [1.165, 1.54) is 16.7 Å². The second kappa shape index (κ2) is 4.65. The highest BCUT2D eigenvalue weighted by atomic mass is 32.2. The number of carbonyl (C=O) groups excluding carboxylic acids is 1. The van der Waals surface area contributed by atoms with Gasteiger partial charge in [0.05, 0.1) is 11.9 Å². The number of carboxylic acids is 1. The molecule has 0 aromatic carbocycles. The molecule has 2 atom stereocenters. The highest BCUT2D eigenvalue weighted by Gasteiger charge is 2.35. The number of thioether (sulfide) groups is 1. The van der Waals surface area contributed by atoms with Crippen molar-refractivity contribution in [2.24, 2.45) is 5.73 Å². The van der Waals surface area contributed by atoms with Crippen molar-refractivity contribution in [1.29, 1.82) is 0 Å². The van der Waals surface area contributed by atoms with Crippen molar-refractivity contribution in [3.8, 4) is 0 Å². The summed E-state index contributed by atoms with van der Waals surface area (Å²) < 4.78 is 0. The van der Waals surface area contributed by atoms with Gasteiger partial charge in [0.1, 0.15) is 6.04 Å². The summed E-state index contributed by atoms with van der Waals surface area (Å²) in [5, 5.41) is 8.84. The molecule has 14 heavy (non-hydrogen) atoms. The summed E-state index contributed by atoms with van der Waals surface area (Å²) in [5.41, 5.74) is 5.57. The lowest BCUT2D eigenvalue weighted by atomic mass is 10.2. The molecule has 0 spiro atoms. The number of nitrogens with zero attached hydrogens (tertiary/aromatic N) is 1. The fourth-order valence-electron chi connectivity index (χ4n) is 1.25. The maximum Gasteiger partial charge on any atom is 0.327 e. The van der Waals surface area contributed by atoms with Crippen LogP contribution in [0, 0.1) is 0 Å². The molecule has 0 aromatic rings. The summed E-state index contributed by atoms with van der Waals surface area (Å²) in [6.45, 7) is 1.81. The smallest absolute Gasteiger partial charge is 0.327 e. The maximum atomic E-state index is 11.6. The molecule has 3 N–H and O–H groups in total. The molecule has 80 valence electrons. The molecule has 0 radical (unpaired) electrons. The zero-order valence-corrected chi connectivity index (χ0v) is 8.79. The topological polar surface area (TPSA) is 83.6 Å². The standard InChI is InChI=1S/C8H14N2O3S/c1-2-5(9)7(11)10-4-14-3-6(10)8(12)13/h5-6H,2-4,9H2,1H3,(H,12,13)/t5-,6?/m0/s1. The second-order valence-electron chi connectivity index (χ2n) is 3.18. The van der Waals surface area contributed by atoms with Gasteiger partial charge in [0.15, 0.2) is 0 Å². The van der Waals surface area contributed by atoms with E-state index in [4.69, 9.17) is 10.8 Å². The number of amides is 1. The Hall–Kier alpha value is -0.750. The molecule has 1 aliphatic heterocycles. The third-order valence-electron chi connectivity index (χ3n) is 2.21. The third-order valence-corrected chi connectivity index (χ3v) is 3.22. The monoisotopic (exact) mass is 218 g/mol. The first kappa shape index (κ1) is 11.3. The van der Waals surface area contributed by atoms with Gasteiger partial charge in [-0.3, -0.25) is 4.79 Å². The highest BCUT2D eigenvalue weighted by Crippen LogP contribution is 2.21. The molecule has 1 heterocycles. The van der Waals surface area contributed by atoms with Gasteiger partial charge in [-0.2, -0.15) is 0 Å². The molecule has 1 rings (SSSR count). The molecule has 0 bridgehead atoms. The lowest BCUT2D eigenvalue weighted by Crippen LogP contribution is -2.48. The molecule has 1 saturated heterocycles. The molecule has 0 saturated carbocycles. The zero-order valence-electron chi connectivity index (χ0n) is 7.97. The van der Waals surface area contributed by atoms with Crippen LogP contribution in [-0.4, -0.2) is 45.6 Å². The lowest BCUT2D eigenvalue weighted by Gasteiger charge is -2.23. The maximum absolute atomic E-state index is 11.6. The van der Waals surface area contributed by atoms with Crippen LogP contribution >= 0.6 is 11.8 Å². The van der Waals surface area contributed by atoms with Crippen molar-refractivity contribution in [3.05, 3.63) is 0 Å². The Labute approximate surface area is 86.6 Å². The van der Waals surface area contributed by atoms with Gasteiger partial charge >= 0.3 is 5.97 Å². The van der Waals surface area contributed by atoms with E-state index < -0.39 is 18.1 Å². The molecular weight excluding hydrogens is 204 g/mol. The zero-order chi connectivity index (χ0) is 10.7. The van der Waals surface area contributed by atoms with E-state index in [9.17, 15) is 9.59 Å². The van der Waals surface area contributed by atoms with E-state index in [1.54, 1.807) is 0 Å². The molecule has 1 fully saturated rings. The quantitative estimate of drug-likeness (QED) is 0.680. The van der Waals surface area contributed by atoms with E-state index in [0.717, 1.165) is 0 Å². The van der Waals surface area contributed by atoms with Crippen LogP contribution in [-0.2, 0) is 9.59 Å². The van der Waals surface area contributed by atoms with Gasteiger partial charge in [0.25, 0.3) is 0 Å². The van der Waals surface area contributed by atoms with Crippen molar-refractivity contribution >= 4 is 23.6 Å². The van der Waals surface area contributed by atoms with E-state index in [1.807, 2.05) is 6.92 Å². The van der Waals surface area contributed by atoms with E-state index in [-0.39, 0.29) is 5.91 Å². The Morgan fingerprint density at radius 3 is 2.86 bits per heavy atom. The van der Waals surface area contributed by atoms with Crippen molar-refractivity contribution in [1.82, 2.24) is 4.90 Å². The largest absolute Gasteiger partial charge is 0.480 e. The van der Waals surface area contributed by atoms with Gasteiger partial charge in [-0.1, -0.05) is 6.92 Å². The van der Waals surface area contributed by atoms with Crippen LogP contribution in [0.4, 0.5) is 0 Å². The normalized spacial score (nSPS) is 23.6. The number of carboxylic acid groups (broad SMARTS) is 1. The number of nitrogens with two attached hydrogens (primary N) is 1. The first-order valence-corrected chi connectivity index (χ1v) is 5.60. The third kappa shape index (κ3) is 2.19. The molecular formula is C8H14N2O3S. The van der Waals surface area contributed by atoms with Crippen molar-refractivity contribution in [2.75, 3.05) is 11.6 Å². The summed E-state index contributed by atoms with van der Waals surface area (Å²) in [6, 6.07) is -1.28. The van der Waals surface area contributed by atoms with Crippen LogP contribution in [0.3, 0.4) is 0 Å². The summed E-state index contributed by atoms with van der Waals surface area (Å²) in [5.74, 6) is -0.322. The number of aliphatic carboxylic acids is 1. The summed E-state index contributed by atoms with van der Waals surface area (Å²) >= 11 is 1.44. The van der Waals surface area contributed by atoms with Crippen LogP contribution in [0.25, 0.3) is 0 Å². The van der Waals surface area contributed by atoms with Crippen molar-refractivity contribution < 1.29 is 14.7 Å². The highest BCUT2D eigenvalue weighted by molar-refractivity contribution is 7.99. The van der Waals surface area contributed by atoms with E-state index in [0.29, 0.717) is 18.1 Å². The van der Waals surface area contributed by atoms with Crippen molar-refractivity contribution in [3.63, 3.8) is 0 Å². The molecule has 1 aliphatic rings. The van der Waals surface area contributed by atoms with Gasteiger partial charge in [-0.25, -0.2) is 4.79 Å². The Morgan fingerprint density at radius 2 is 2.36 bits per heavy atom. The second-order valence-corrected chi connectivity index (χ2v) is 4.18. The summed E-state index contributed by atoms with van der Waals surface area (Å²) in [6.07, 6.45) is 0.534. The molecule has 1 unspecified atom stereocenters. The fraction of sp³-hybridized carbons (Fsp3) is 0.750. The molecule has 1 amide bonds. The van der Waals surface area contributed by atoms with Gasteiger partial charge in [0.2, 0.25) is 5.91 Å². The fourth-order valence-corrected chi connectivity index (χ4v) is 2.41. The van der Waals surface area contributed by atoms with Crippen LogP contribution in [0.1, 0.15) is 13.3 Å². The van der Waals surface area contributed by atoms with Gasteiger partial charge in [0, 0.05) is 5.75 Å². The average Bonchev–Trinajstić information content (AvgIpc) is 2.63. The van der Waals surface area contributed by atoms with Gasteiger partial charge in [-0.05, 0) is 6.42 Å². The first-order valence-electron chi connectivity index (χ1n) is 4.44. The predicted molar refractivity (Wildman–Crippen MR) is 53.9 cm³/mol. The molecule has 0 aromatic heterocycles.